The van der Waals surface area contributed by atoms with E-state index in [1.807, 2.05) is 0 Å². The molecule has 2 aliphatic rings. The van der Waals surface area contributed by atoms with Gasteiger partial charge in [-0.3, -0.25) is 0 Å². The smallest absolute Gasteiger partial charge is 0.104 e. The number of nitrogens with zero attached hydrogens (tertiary/aromatic N) is 6. The maximum atomic E-state index is 13.3. The standard InChI is InChI=1S/C82H52N6/c1-81(2)65-31-15-9-25-51(65)59-41-61-55-29-13-17-33-69(55)85(73(61)43-67(59)81)77-63(45-83)80(88-72-36-20-12-28-54(72)58-40-38-48-22-6-8-24-50(48)76(58)88)78(64(46-84)79(77)87-71-35-19-11-27-53(71)57-39-37-47-21-5-7-23-49(47)75(57)87)86-70-34-18-14-30-56(70)62-42-60-52-26-10-16-32-66(52)82(3,4)68(60)44-74(62)86/h5-44H,1-4H3. The first-order chi connectivity index (χ1) is 43.1. The number of fused-ring (bicyclic) bond motifs is 22. The highest BCUT2D eigenvalue weighted by Crippen LogP contribution is 2.56. The zero-order valence-corrected chi connectivity index (χ0v) is 48.8. The molecule has 0 aliphatic heterocycles. The molecule has 88 heavy (non-hydrogen) atoms. The van der Waals surface area contributed by atoms with Crippen molar-refractivity contribution in [1.29, 1.82) is 10.5 Å². The van der Waals surface area contributed by atoms with Crippen molar-refractivity contribution in [2.45, 2.75) is 38.5 Å². The van der Waals surface area contributed by atoms with E-state index in [1.54, 1.807) is 0 Å². The molecule has 2 aliphatic carbocycles. The Morgan fingerprint density at radius 3 is 0.977 bits per heavy atom. The molecule has 0 saturated carbocycles. The van der Waals surface area contributed by atoms with Gasteiger partial charge in [-0.15, -0.1) is 0 Å². The Kier molecular flexibility index (Phi) is 9.52. The lowest BCUT2D eigenvalue weighted by atomic mass is 9.82. The van der Waals surface area contributed by atoms with Crippen LogP contribution in [0.3, 0.4) is 0 Å². The van der Waals surface area contributed by atoms with Gasteiger partial charge in [-0.2, -0.15) is 10.5 Å². The molecule has 17 aromatic rings. The van der Waals surface area contributed by atoms with Crippen LogP contribution >= 0.6 is 0 Å². The molecule has 0 bridgehead atoms. The van der Waals surface area contributed by atoms with Gasteiger partial charge in [0.25, 0.3) is 0 Å². The number of aromatic nitrogens is 4. The molecular weight excluding hydrogens is 1070 g/mol. The summed E-state index contributed by atoms with van der Waals surface area (Å²) in [7, 11) is 0. The molecule has 0 radical (unpaired) electrons. The number of nitriles is 2. The highest BCUT2D eigenvalue weighted by molar-refractivity contribution is 6.22. The first-order valence-corrected chi connectivity index (χ1v) is 30.4. The minimum absolute atomic E-state index is 0.350. The van der Waals surface area contributed by atoms with Crippen LogP contribution in [0.25, 0.3) is 154 Å². The number of para-hydroxylation sites is 4. The summed E-state index contributed by atoms with van der Waals surface area (Å²) in [6.07, 6.45) is 0. The van der Waals surface area contributed by atoms with E-state index < -0.39 is 0 Å². The zero-order chi connectivity index (χ0) is 58.6. The van der Waals surface area contributed by atoms with Gasteiger partial charge in [0.15, 0.2) is 0 Å². The van der Waals surface area contributed by atoms with Crippen LogP contribution in [-0.4, -0.2) is 18.3 Å². The maximum Gasteiger partial charge on any atom is 0.104 e. The van der Waals surface area contributed by atoms with Gasteiger partial charge in [0.2, 0.25) is 0 Å². The van der Waals surface area contributed by atoms with Crippen molar-refractivity contribution in [2.24, 2.45) is 0 Å². The maximum absolute atomic E-state index is 13.3. The van der Waals surface area contributed by atoms with E-state index >= 15 is 0 Å². The highest BCUT2D eigenvalue weighted by Gasteiger charge is 2.40. The molecule has 0 fully saturated rings. The van der Waals surface area contributed by atoms with Gasteiger partial charge in [0, 0.05) is 64.7 Å². The fourth-order valence-electron chi connectivity index (χ4n) is 16.5. The Bertz CT molecular complexity index is 5780. The summed E-state index contributed by atoms with van der Waals surface area (Å²) >= 11 is 0. The molecule has 4 heterocycles. The van der Waals surface area contributed by atoms with Gasteiger partial charge >= 0.3 is 0 Å². The van der Waals surface area contributed by atoms with Crippen molar-refractivity contribution in [3.05, 3.63) is 276 Å². The average Bonchev–Trinajstić information content (AvgIpc) is 1.52. The summed E-state index contributed by atoms with van der Waals surface area (Å²) < 4.78 is 9.44. The lowest BCUT2D eigenvalue weighted by Crippen LogP contribution is -2.18. The molecule has 410 valence electrons. The van der Waals surface area contributed by atoms with Crippen LogP contribution in [-0.2, 0) is 10.8 Å². The quantitative estimate of drug-likeness (QED) is 0.176. The van der Waals surface area contributed by atoms with Crippen LogP contribution in [0.4, 0.5) is 0 Å². The van der Waals surface area contributed by atoms with Crippen molar-refractivity contribution in [1.82, 2.24) is 18.3 Å². The molecule has 13 aromatic carbocycles. The van der Waals surface area contributed by atoms with E-state index in [9.17, 15) is 10.5 Å². The third kappa shape index (κ3) is 6.03. The number of hydrogen-bond acceptors (Lipinski definition) is 2. The van der Waals surface area contributed by atoms with Crippen LogP contribution in [0, 0.1) is 22.7 Å². The molecule has 0 saturated heterocycles. The molecule has 0 spiro atoms. The van der Waals surface area contributed by atoms with Crippen LogP contribution < -0.4 is 0 Å². The molecule has 0 unspecified atom stereocenters. The average molecular weight is 1120 g/mol. The first kappa shape index (κ1) is 48.9. The molecule has 0 amide bonds. The third-order valence-electron chi connectivity index (χ3n) is 20.4. The van der Waals surface area contributed by atoms with Crippen LogP contribution in [0.5, 0.6) is 0 Å². The largest absolute Gasteiger partial charge is 0.306 e. The summed E-state index contributed by atoms with van der Waals surface area (Å²) in [6.45, 7) is 9.33. The summed E-state index contributed by atoms with van der Waals surface area (Å²) in [5, 5.41) is 39.3. The minimum Gasteiger partial charge on any atom is -0.306 e. The Morgan fingerprint density at radius 2 is 0.580 bits per heavy atom. The molecule has 6 heteroatoms. The summed E-state index contributed by atoms with van der Waals surface area (Å²) in [4.78, 5) is 0. The Balaban J connectivity index is 1.12. The fraction of sp³-hybridized carbons (Fsp3) is 0.0732. The van der Waals surface area contributed by atoms with Crippen molar-refractivity contribution in [3.8, 4) is 57.1 Å². The van der Waals surface area contributed by atoms with E-state index in [1.165, 1.54) is 44.5 Å². The van der Waals surface area contributed by atoms with E-state index in [0.29, 0.717) is 33.9 Å². The van der Waals surface area contributed by atoms with Crippen molar-refractivity contribution < 1.29 is 0 Å². The Hall–Kier alpha value is -11.4. The molecule has 0 atom stereocenters. The second-order valence-electron chi connectivity index (χ2n) is 25.3. The van der Waals surface area contributed by atoms with Gasteiger partial charge in [0.05, 0.1) is 66.9 Å². The van der Waals surface area contributed by atoms with Crippen molar-refractivity contribution >= 4 is 109 Å². The SMILES string of the molecule is CC1(C)c2ccccc2-c2cc3c4ccccc4n(-c4c(C#N)c(-n5c6ccccc6c6ccc7ccccc7c65)c(-n5c6ccccc6c6cc7c(cc65)C(C)(C)c5ccccc5-7)c(C#N)c4-n4c5ccccc5c5ccc6ccccc6c54)c3cc21. The van der Waals surface area contributed by atoms with Gasteiger partial charge in [-0.05, 0) is 104 Å². The number of benzene rings is 13. The lowest BCUT2D eigenvalue weighted by Gasteiger charge is -2.28. The third-order valence-corrected chi connectivity index (χ3v) is 20.4. The lowest BCUT2D eigenvalue weighted by molar-refractivity contribution is 0.661. The Morgan fingerprint density at radius 1 is 0.261 bits per heavy atom. The molecule has 19 rings (SSSR count). The van der Waals surface area contributed by atoms with E-state index in [2.05, 4.69) is 301 Å². The topological polar surface area (TPSA) is 67.3 Å². The minimum atomic E-state index is -0.350. The number of hydrogen-bond donors (Lipinski definition) is 0. The summed E-state index contributed by atoms with van der Waals surface area (Å²) in [6, 6.07) is 94.1. The summed E-state index contributed by atoms with van der Waals surface area (Å²) in [5.41, 5.74) is 20.1. The molecule has 6 nitrogen and oxygen atoms in total. The van der Waals surface area contributed by atoms with E-state index in [0.717, 1.165) is 109 Å². The second kappa shape index (κ2) is 17.1. The highest BCUT2D eigenvalue weighted by atomic mass is 15.1. The van der Waals surface area contributed by atoms with Gasteiger partial charge in [0.1, 0.15) is 23.3 Å². The normalized spacial score (nSPS) is 13.8. The molecular formula is C82H52N6. The van der Waals surface area contributed by atoms with Gasteiger partial charge < -0.3 is 18.3 Å². The van der Waals surface area contributed by atoms with Gasteiger partial charge in [-0.1, -0.05) is 222 Å². The first-order valence-electron chi connectivity index (χ1n) is 30.4. The van der Waals surface area contributed by atoms with E-state index in [4.69, 9.17) is 0 Å². The molecule has 4 aromatic heterocycles. The van der Waals surface area contributed by atoms with Crippen LogP contribution in [0.15, 0.2) is 243 Å². The predicted octanol–water partition coefficient (Wildman–Crippen LogP) is 20.7. The summed E-state index contributed by atoms with van der Waals surface area (Å²) in [5.74, 6) is 0. The monoisotopic (exact) mass is 1120 g/mol. The van der Waals surface area contributed by atoms with Crippen LogP contribution in [0.2, 0.25) is 0 Å². The van der Waals surface area contributed by atoms with E-state index in [-0.39, 0.29) is 10.8 Å². The van der Waals surface area contributed by atoms with Crippen LogP contribution in [0.1, 0.15) is 61.1 Å². The second-order valence-corrected chi connectivity index (χ2v) is 25.3. The Labute approximate surface area is 506 Å². The number of rotatable bonds is 4. The van der Waals surface area contributed by atoms with Crippen molar-refractivity contribution in [2.75, 3.05) is 0 Å². The van der Waals surface area contributed by atoms with Gasteiger partial charge in [-0.25, -0.2) is 0 Å². The molecule has 0 N–H and O–H groups in total. The van der Waals surface area contributed by atoms with Crippen molar-refractivity contribution in [3.63, 3.8) is 0 Å². The predicted molar refractivity (Wildman–Crippen MR) is 363 cm³/mol. The fourth-order valence-corrected chi connectivity index (χ4v) is 16.5. The zero-order valence-electron chi connectivity index (χ0n) is 48.8.